The molecule has 1 aliphatic heterocycles. The summed E-state index contributed by atoms with van der Waals surface area (Å²) in [5.74, 6) is -0.0588. The average Bonchev–Trinajstić information content (AvgIpc) is 2.71. The first-order valence-corrected chi connectivity index (χ1v) is 7.56. The molecule has 1 amide bonds. The van der Waals surface area contributed by atoms with Crippen LogP contribution in [0.2, 0.25) is 5.02 Å². The lowest BCUT2D eigenvalue weighted by Crippen LogP contribution is -2.58. The molecule has 0 spiro atoms. The number of quaternary nitrogens is 1. The standard InChI is InChI=1S/C14H15BrClN3O/c1-9-6-13(14(18)20)19(8-9,5-4-17)12-7-10(15)2-3-11(12)16/h2-3,7,9,13H,5-6,8H2,1H3,(H-,18,20)/p+1/t9?,13-,19?/m0/s1. The van der Waals surface area contributed by atoms with Gasteiger partial charge in [0.05, 0.1) is 6.54 Å². The summed E-state index contributed by atoms with van der Waals surface area (Å²) in [7, 11) is 0. The van der Waals surface area contributed by atoms with E-state index >= 15 is 0 Å². The molecule has 4 nitrogen and oxygen atoms in total. The molecule has 0 aliphatic carbocycles. The van der Waals surface area contributed by atoms with Crippen LogP contribution in [0.4, 0.5) is 5.69 Å². The van der Waals surface area contributed by atoms with Crippen LogP contribution in [0.25, 0.3) is 0 Å². The van der Waals surface area contributed by atoms with Crippen molar-refractivity contribution in [3.05, 3.63) is 27.7 Å². The Morgan fingerprint density at radius 3 is 2.95 bits per heavy atom. The van der Waals surface area contributed by atoms with Crippen LogP contribution in [0.3, 0.4) is 0 Å². The minimum atomic E-state index is -0.406. The van der Waals surface area contributed by atoms with Crippen molar-refractivity contribution < 1.29 is 4.79 Å². The number of primary amides is 1. The number of hydrogen-bond acceptors (Lipinski definition) is 2. The van der Waals surface area contributed by atoms with Gasteiger partial charge in [-0.1, -0.05) is 34.5 Å². The summed E-state index contributed by atoms with van der Waals surface area (Å²) < 4.78 is 1.10. The Morgan fingerprint density at radius 2 is 2.35 bits per heavy atom. The van der Waals surface area contributed by atoms with E-state index in [1.54, 1.807) is 6.07 Å². The van der Waals surface area contributed by atoms with Crippen molar-refractivity contribution in [3.8, 4) is 6.07 Å². The molecular formula is C14H16BrClN3O+. The summed E-state index contributed by atoms with van der Waals surface area (Å²) in [5.41, 5.74) is 6.36. The first-order chi connectivity index (χ1) is 9.40. The SMILES string of the molecule is CC1C[C@@H](C(N)=O)[N+](CC#N)(c2cc(Br)ccc2Cl)C1. The van der Waals surface area contributed by atoms with Gasteiger partial charge >= 0.3 is 0 Å². The Balaban J connectivity index is 2.62. The number of nitriles is 1. The number of amides is 1. The number of nitrogens with two attached hydrogens (primary N) is 1. The highest BCUT2D eigenvalue weighted by molar-refractivity contribution is 9.10. The van der Waals surface area contributed by atoms with Crippen molar-refractivity contribution in [2.75, 3.05) is 13.1 Å². The van der Waals surface area contributed by atoms with Gasteiger partial charge in [-0.05, 0) is 12.1 Å². The number of rotatable bonds is 3. The van der Waals surface area contributed by atoms with Crippen molar-refractivity contribution in [3.63, 3.8) is 0 Å². The van der Waals surface area contributed by atoms with Crippen LogP contribution in [0, 0.1) is 17.2 Å². The minimum absolute atomic E-state index is 0.189. The van der Waals surface area contributed by atoms with Crippen molar-refractivity contribution in [1.82, 2.24) is 4.48 Å². The maximum Gasteiger partial charge on any atom is 0.276 e. The smallest absolute Gasteiger partial charge is 0.276 e. The van der Waals surface area contributed by atoms with E-state index in [0.717, 1.165) is 10.2 Å². The molecule has 1 aromatic rings. The summed E-state index contributed by atoms with van der Waals surface area (Å²) in [6.45, 7) is 2.95. The molecule has 3 atom stereocenters. The molecule has 2 rings (SSSR count). The van der Waals surface area contributed by atoms with Crippen LogP contribution in [0.1, 0.15) is 13.3 Å². The maximum atomic E-state index is 11.8. The zero-order valence-corrected chi connectivity index (χ0v) is 13.5. The van der Waals surface area contributed by atoms with E-state index in [2.05, 4.69) is 28.9 Å². The average molecular weight is 358 g/mol. The molecule has 1 aliphatic rings. The van der Waals surface area contributed by atoms with Crippen molar-refractivity contribution in [2.45, 2.75) is 19.4 Å². The normalized spacial score (nSPS) is 29.1. The Labute approximate surface area is 131 Å². The van der Waals surface area contributed by atoms with E-state index in [4.69, 9.17) is 17.3 Å². The predicted octanol–water partition coefficient (Wildman–Crippen LogP) is 2.83. The van der Waals surface area contributed by atoms with Crippen LogP contribution < -0.4 is 10.2 Å². The summed E-state index contributed by atoms with van der Waals surface area (Å²) in [4.78, 5) is 11.8. The zero-order valence-electron chi connectivity index (χ0n) is 11.1. The zero-order chi connectivity index (χ0) is 14.9. The van der Waals surface area contributed by atoms with E-state index < -0.39 is 6.04 Å². The first kappa shape index (κ1) is 15.3. The first-order valence-electron chi connectivity index (χ1n) is 6.39. The topological polar surface area (TPSA) is 66.9 Å². The van der Waals surface area contributed by atoms with Gasteiger partial charge in [-0.15, -0.1) is 0 Å². The van der Waals surface area contributed by atoms with E-state index in [0.29, 0.717) is 23.9 Å². The fourth-order valence-electron chi connectivity index (χ4n) is 3.18. The van der Waals surface area contributed by atoms with E-state index in [1.807, 2.05) is 12.1 Å². The molecule has 1 heterocycles. The van der Waals surface area contributed by atoms with Crippen LogP contribution in [-0.4, -0.2) is 25.0 Å². The Kier molecular flexibility index (Phi) is 4.38. The van der Waals surface area contributed by atoms with Crippen LogP contribution in [0.15, 0.2) is 22.7 Å². The molecule has 20 heavy (non-hydrogen) atoms. The van der Waals surface area contributed by atoms with Crippen molar-refractivity contribution >= 4 is 39.1 Å². The molecule has 106 valence electrons. The molecule has 0 aromatic heterocycles. The number of nitrogens with zero attached hydrogens (tertiary/aromatic N) is 2. The van der Waals surface area contributed by atoms with Gasteiger partial charge in [-0.3, -0.25) is 9.28 Å². The van der Waals surface area contributed by atoms with Gasteiger partial charge in [0, 0.05) is 22.9 Å². The third-order valence-corrected chi connectivity index (χ3v) is 4.74. The molecule has 1 fully saturated rings. The Morgan fingerprint density at radius 1 is 1.65 bits per heavy atom. The molecule has 1 aromatic carbocycles. The van der Waals surface area contributed by atoms with E-state index in [9.17, 15) is 10.1 Å². The highest BCUT2D eigenvalue weighted by Gasteiger charge is 2.51. The second kappa shape index (κ2) is 5.72. The highest BCUT2D eigenvalue weighted by atomic mass is 79.9. The molecule has 0 saturated carbocycles. The molecule has 2 unspecified atom stereocenters. The molecule has 1 saturated heterocycles. The quantitative estimate of drug-likeness (QED) is 0.667. The van der Waals surface area contributed by atoms with Gasteiger partial charge in [0.15, 0.2) is 18.3 Å². The van der Waals surface area contributed by atoms with Gasteiger partial charge in [0.2, 0.25) is 0 Å². The fourth-order valence-corrected chi connectivity index (χ4v) is 3.81. The monoisotopic (exact) mass is 356 g/mol. The fraction of sp³-hybridized carbons (Fsp3) is 0.429. The Bertz CT molecular complexity index is 586. The third-order valence-electron chi connectivity index (χ3n) is 3.93. The lowest BCUT2D eigenvalue weighted by molar-refractivity contribution is -0.121. The number of likely N-dealkylation sites (tertiary alicyclic amines) is 1. The third kappa shape index (κ3) is 2.56. The van der Waals surface area contributed by atoms with Crippen LogP contribution in [-0.2, 0) is 4.79 Å². The summed E-state index contributed by atoms with van der Waals surface area (Å²) in [6, 6.07) is 7.29. The summed E-state index contributed by atoms with van der Waals surface area (Å²) in [6.07, 6.45) is 0.680. The number of halogens is 2. The van der Waals surface area contributed by atoms with Crippen LogP contribution >= 0.6 is 27.5 Å². The lowest BCUT2D eigenvalue weighted by atomic mass is 10.1. The van der Waals surface area contributed by atoms with Crippen LogP contribution in [0.5, 0.6) is 0 Å². The van der Waals surface area contributed by atoms with Gasteiger partial charge in [0.25, 0.3) is 5.91 Å². The number of hydrogen-bond donors (Lipinski definition) is 1. The maximum absolute atomic E-state index is 11.8. The summed E-state index contributed by atoms with van der Waals surface area (Å²) >= 11 is 9.74. The van der Waals surface area contributed by atoms with Gasteiger partial charge in [-0.2, -0.15) is 5.26 Å². The van der Waals surface area contributed by atoms with Crippen molar-refractivity contribution in [2.24, 2.45) is 11.7 Å². The summed E-state index contributed by atoms with van der Waals surface area (Å²) in [5, 5.41) is 9.79. The highest BCUT2D eigenvalue weighted by Crippen LogP contribution is 2.42. The van der Waals surface area contributed by atoms with Gasteiger partial charge in [0.1, 0.15) is 11.1 Å². The van der Waals surface area contributed by atoms with Gasteiger partial charge < -0.3 is 5.73 Å². The number of benzene rings is 1. The van der Waals surface area contributed by atoms with E-state index in [1.165, 1.54) is 0 Å². The minimum Gasteiger partial charge on any atom is -0.364 e. The Hall–Kier alpha value is -1.09. The molecule has 2 N–H and O–H groups in total. The molecule has 0 bridgehead atoms. The number of carbonyl (C=O) groups is 1. The predicted molar refractivity (Wildman–Crippen MR) is 83.1 cm³/mol. The molecule has 0 radical (unpaired) electrons. The largest absolute Gasteiger partial charge is 0.364 e. The lowest BCUT2D eigenvalue weighted by Gasteiger charge is -2.36. The molecular weight excluding hydrogens is 342 g/mol. The van der Waals surface area contributed by atoms with E-state index in [-0.39, 0.29) is 16.9 Å². The van der Waals surface area contributed by atoms with Gasteiger partial charge in [-0.25, -0.2) is 0 Å². The second-order valence-electron chi connectivity index (χ2n) is 5.39. The van der Waals surface area contributed by atoms with Crippen molar-refractivity contribution in [1.29, 1.82) is 5.26 Å². The number of carbonyl (C=O) groups excluding carboxylic acids is 1. The molecule has 6 heteroatoms. The second-order valence-corrected chi connectivity index (χ2v) is 6.71.